The van der Waals surface area contributed by atoms with Crippen LogP contribution in [0.1, 0.15) is 72.1 Å². The highest BCUT2D eigenvalue weighted by molar-refractivity contribution is 6.74. The minimum Gasteiger partial charge on any atom is -0.414 e. The maximum atomic E-state index is 6.43. The number of unbranched alkanes of at least 4 members (excludes halogenated alkanes) is 6. The van der Waals surface area contributed by atoms with Crippen LogP contribution in [0.25, 0.3) is 0 Å². The SMILES string of the molecule is C=CCCCCCCCCC(Cl)(Cl)CO[Si](C)(C)C(C)(C)C. The van der Waals surface area contributed by atoms with Gasteiger partial charge in [-0.3, -0.25) is 0 Å². The maximum Gasteiger partial charge on any atom is 0.192 e. The van der Waals surface area contributed by atoms with Gasteiger partial charge in [0.15, 0.2) is 8.32 Å². The minimum absolute atomic E-state index is 0.197. The summed E-state index contributed by atoms with van der Waals surface area (Å²) in [6, 6.07) is 0. The Hall–Kier alpha value is 0.497. The molecular formula is C18H36Cl2OSi. The number of allylic oxidation sites excluding steroid dienone is 1. The molecule has 0 unspecified atom stereocenters. The van der Waals surface area contributed by atoms with Gasteiger partial charge in [-0.15, -0.1) is 6.58 Å². The van der Waals surface area contributed by atoms with Crippen molar-refractivity contribution in [2.45, 2.75) is 94.6 Å². The van der Waals surface area contributed by atoms with E-state index in [1.807, 2.05) is 6.08 Å². The molecule has 22 heavy (non-hydrogen) atoms. The third-order valence-electron chi connectivity index (χ3n) is 4.65. The Balaban J connectivity index is 3.84. The predicted octanol–water partition coefficient (Wildman–Crippen LogP) is 7.49. The lowest BCUT2D eigenvalue weighted by Gasteiger charge is -2.37. The van der Waals surface area contributed by atoms with Gasteiger partial charge in [0.2, 0.25) is 0 Å². The summed E-state index contributed by atoms with van der Waals surface area (Å²) in [6.07, 6.45) is 11.4. The van der Waals surface area contributed by atoms with E-state index >= 15 is 0 Å². The van der Waals surface area contributed by atoms with Gasteiger partial charge >= 0.3 is 0 Å². The Labute approximate surface area is 149 Å². The van der Waals surface area contributed by atoms with E-state index in [0.29, 0.717) is 6.61 Å². The third-order valence-corrected chi connectivity index (χ3v) is 9.73. The number of alkyl halides is 2. The standard InChI is InChI=1S/C18H36Cl2OSi/c1-7-8-9-10-11-12-13-14-15-18(19,20)16-21-22(5,6)17(2,3)4/h7H,1,8-16H2,2-6H3. The molecule has 0 amide bonds. The summed E-state index contributed by atoms with van der Waals surface area (Å²) < 4.78 is 5.41. The summed E-state index contributed by atoms with van der Waals surface area (Å²) in [6.45, 7) is 15.4. The van der Waals surface area contributed by atoms with Crippen LogP contribution in [0, 0.1) is 0 Å². The molecule has 0 heterocycles. The second-order valence-electron chi connectivity index (χ2n) is 7.85. The lowest BCUT2D eigenvalue weighted by atomic mass is 10.1. The van der Waals surface area contributed by atoms with Crippen molar-refractivity contribution in [2.75, 3.05) is 6.61 Å². The second kappa shape index (κ2) is 10.4. The van der Waals surface area contributed by atoms with Crippen LogP contribution in [-0.2, 0) is 4.43 Å². The first-order chi connectivity index (χ1) is 10.0. The van der Waals surface area contributed by atoms with E-state index in [2.05, 4.69) is 40.4 Å². The lowest BCUT2D eigenvalue weighted by molar-refractivity contribution is 0.267. The fourth-order valence-corrected chi connectivity index (χ4v) is 3.55. The molecule has 0 saturated heterocycles. The quantitative estimate of drug-likeness (QED) is 0.150. The molecule has 0 saturated carbocycles. The van der Waals surface area contributed by atoms with Crippen LogP contribution in [0.15, 0.2) is 12.7 Å². The second-order valence-corrected chi connectivity index (χ2v) is 14.3. The Morgan fingerprint density at radius 2 is 1.45 bits per heavy atom. The number of hydrogen-bond donors (Lipinski definition) is 0. The van der Waals surface area contributed by atoms with Crippen molar-refractivity contribution in [1.29, 1.82) is 0 Å². The van der Waals surface area contributed by atoms with Crippen LogP contribution in [0.2, 0.25) is 18.1 Å². The van der Waals surface area contributed by atoms with Crippen LogP contribution in [-0.4, -0.2) is 19.3 Å². The summed E-state index contributed by atoms with van der Waals surface area (Å²) in [5.74, 6) is 0. The van der Waals surface area contributed by atoms with Gasteiger partial charge in [0.1, 0.15) is 4.33 Å². The molecule has 0 aliphatic heterocycles. The summed E-state index contributed by atoms with van der Waals surface area (Å²) in [5, 5.41) is 0.197. The molecule has 4 heteroatoms. The zero-order valence-corrected chi connectivity index (χ0v) is 17.8. The minimum atomic E-state index is -1.76. The van der Waals surface area contributed by atoms with Crippen molar-refractivity contribution in [3.8, 4) is 0 Å². The third kappa shape index (κ3) is 10.3. The summed E-state index contributed by atoms with van der Waals surface area (Å²) in [7, 11) is -1.76. The highest BCUT2D eigenvalue weighted by Gasteiger charge is 2.39. The van der Waals surface area contributed by atoms with Crippen molar-refractivity contribution in [3.05, 3.63) is 12.7 Å². The first-order valence-electron chi connectivity index (χ1n) is 8.64. The largest absolute Gasteiger partial charge is 0.414 e. The van der Waals surface area contributed by atoms with E-state index in [1.54, 1.807) is 0 Å². The Morgan fingerprint density at radius 1 is 0.955 bits per heavy atom. The molecular weight excluding hydrogens is 331 g/mol. The number of hydrogen-bond acceptors (Lipinski definition) is 1. The lowest BCUT2D eigenvalue weighted by Crippen LogP contribution is -2.43. The zero-order valence-electron chi connectivity index (χ0n) is 15.3. The van der Waals surface area contributed by atoms with Gasteiger partial charge < -0.3 is 4.43 Å². The highest BCUT2D eigenvalue weighted by Crippen LogP contribution is 2.38. The van der Waals surface area contributed by atoms with Crippen molar-refractivity contribution in [2.24, 2.45) is 0 Å². The Kier molecular flexibility index (Phi) is 10.6. The molecule has 0 aliphatic carbocycles. The fourth-order valence-electron chi connectivity index (χ4n) is 1.95. The van der Waals surface area contributed by atoms with Crippen molar-refractivity contribution >= 4 is 31.5 Å². The summed E-state index contributed by atoms with van der Waals surface area (Å²) in [5.41, 5.74) is 0. The van der Waals surface area contributed by atoms with E-state index in [4.69, 9.17) is 27.6 Å². The Bertz CT molecular complexity index is 309. The van der Waals surface area contributed by atoms with Gasteiger partial charge in [0.05, 0.1) is 6.61 Å². The highest BCUT2D eigenvalue weighted by atomic mass is 35.5. The van der Waals surface area contributed by atoms with Crippen LogP contribution in [0.5, 0.6) is 0 Å². The van der Waals surface area contributed by atoms with Crippen molar-refractivity contribution in [1.82, 2.24) is 0 Å². The van der Waals surface area contributed by atoms with E-state index in [-0.39, 0.29) is 5.04 Å². The van der Waals surface area contributed by atoms with E-state index < -0.39 is 12.7 Å². The van der Waals surface area contributed by atoms with Crippen LogP contribution in [0.4, 0.5) is 0 Å². The van der Waals surface area contributed by atoms with Crippen molar-refractivity contribution in [3.63, 3.8) is 0 Å². The molecule has 0 atom stereocenters. The predicted molar refractivity (Wildman–Crippen MR) is 105 cm³/mol. The van der Waals surface area contributed by atoms with Crippen LogP contribution >= 0.6 is 23.2 Å². The van der Waals surface area contributed by atoms with Crippen LogP contribution in [0.3, 0.4) is 0 Å². The molecule has 0 spiro atoms. The van der Waals surface area contributed by atoms with Crippen molar-refractivity contribution < 1.29 is 4.43 Å². The molecule has 0 aromatic rings. The average Bonchev–Trinajstić information content (AvgIpc) is 2.38. The maximum absolute atomic E-state index is 6.43. The normalized spacial score (nSPS) is 13.4. The summed E-state index contributed by atoms with van der Waals surface area (Å²) in [4.78, 5) is 0. The number of halogens is 2. The molecule has 0 aliphatic rings. The van der Waals surface area contributed by atoms with Gasteiger partial charge in [0, 0.05) is 0 Å². The average molecular weight is 367 g/mol. The smallest absolute Gasteiger partial charge is 0.192 e. The molecule has 0 aromatic carbocycles. The topological polar surface area (TPSA) is 9.23 Å². The molecule has 0 bridgehead atoms. The fraction of sp³-hybridized carbons (Fsp3) is 0.889. The monoisotopic (exact) mass is 366 g/mol. The van der Waals surface area contributed by atoms with Crippen LogP contribution < -0.4 is 0 Å². The molecule has 132 valence electrons. The zero-order chi connectivity index (χ0) is 17.3. The van der Waals surface area contributed by atoms with E-state index in [1.165, 1.54) is 32.1 Å². The van der Waals surface area contributed by atoms with Gasteiger partial charge in [-0.05, 0) is 37.4 Å². The summed E-state index contributed by atoms with van der Waals surface area (Å²) >= 11 is 12.9. The molecule has 0 rings (SSSR count). The van der Waals surface area contributed by atoms with Gasteiger partial charge in [-0.2, -0.15) is 0 Å². The molecule has 1 nitrogen and oxygen atoms in total. The van der Waals surface area contributed by atoms with E-state index in [0.717, 1.165) is 19.3 Å². The molecule has 0 N–H and O–H groups in total. The Morgan fingerprint density at radius 3 is 1.95 bits per heavy atom. The van der Waals surface area contributed by atoms with Gasteiger partial charge in [-0.1, -0.05) is 82.2 Å². The number of rotatable bonds is 12. The first-order valence-corrected chi connectivity index (χ1v) is 12.3. The molecule has 0 aromatic heterocycles. The van der Waals surface area contributed by atoms with Gasteiger partial charge in [0.25, 0.3) is 0 Å². The molecule has 0 radical (unpaired) electrons. The van der Waals surface area contributed by atoms with E-state index in [9.17, 15) is 0 Å². The van der Waals surface area contributed by atoms with Gasteiger partial charge in [-0.25, -0.2) is 0 Å². The molecule has 0 fully saturated rings. The first kappa shape index (κ1) is 22.5.